The second-order valence-corrected chi connectivity index (χ2v) is 9.83. The molecule has 162 valence electrons. The fourth-order valence-electron chi connectivity index (χ4n) is 3.17. The number of nitrogens with one attached hydrogen (secondary N) is 1. The Kier molecular flexibility index (Phi) is 8.54. The van der Waals surface area contributed by atoms with Crippen LogP contribution in [0.3, 0.4) is 0 Å². The summed E-state index contributed by atoms with van der Waals surface area (Å²) in [6, 6.07) is 15.8. The van der Waals surface area contributed by atoms with Gasteiger partial charge in [-0.25, -0.2) is 0 Å². The SMILES string of the molecule is Cc1cccc(CSCC(=O)N(Cc2ccccc2C)[C@H](C)C(=O)NC(C)(C)C)c1. The lowest BCUT2D eigenvalue weighted by Crippen LogP contribution is -2.52. The molecule has 30 heavy (non-hydrogen) atoms. The summed E-state index contributed by atoms with van der Waals surface area (Å²) >= 11 is 1.59. The van der Waals surface area contributed by atoms with Crippen molar-refractivity contribution < 1.29 is 9.59 Å². The second kappa shape index (κ2) is 10.7. The number of carbonyl (C=O) groups excluding carboxylic acids is 2. The third-order valence-electron chi connectivity index (χ3n) is 4.84. The number of hydrogen-bond donors (Lipinski definition) is 1. The summed E-state index contributed by atoms with van der Waals surface area (Å²) in [4.78, 5) is 27.7. The van der Waals surface area contributed by atoms with Crippen LogP contribution in [-0.2, 0) is 21.9 Å². The maximum Gasteiger partial charge on any atom is 0.242 e. The maximum absolute atomic E-state index is 13.2. The van der Waals surface area contributed by atoms with E-state index >= 15 is 0 Å². The molecule has 2 rings (SSSR count). The van der Waals surface area contributed by atoms with Crippen molar-refractivity contribution in [3.8, 4) is 0 Å². The van der Waals surface area contributed by atoms with Gasteiger partial charge in [-0.05, 0) is 58.2 Å². The molecule has 0 aliphatic heterocycles. The van der Waals surface area contributed by atoms with Crippen molar-refractivity contribution in [2.45, 2.75) is 65.4 Å². The van der Waals surface area contributed by atoms with Crippen LogP contribution in [0.15, 0.2) is 48.5 Å². The van der Waals surface area contributed by atoms with Gasteiger partial charge >= 0.3 is 0 Å². The van der Waals surface area contributed by atoms with Gasteiger partial charge in [-0.3, -0.25) is 9.59 Å². The van der Waals surface area contributed by atoms with Gasteiger partial charge in [-0.2, -0.15) is 0 Å². The predicted octanol–water partition coefficient (Wildman–Crippen LogP) is 4.87. The van der Waals surface area contributed by atoms with E-state index in [0.717, 1.165) is 16.9 Å². The first kappa shape index (κ1) is 24.0. The zero-order valence-corrected chi connectivity index (χ0v) is 19.8. The third kappa shape index (κ3) is 7.52. The number of carbonyl (C=O) groups is 2. The molecule has 0 aromatic heterocycles. The van der Waals surface area contributed by atoms with E-state index in [1.807, 2.05) is 65.0 Å². The van der Waals surface area contributed by atoms with Crippen LogP contribution in [-0.4, -0.2) is 34.0 Å². The largest absolute Gasteiger partial charge is 0.350 e. The monoisotopic (exact) mass is 426 g/mol. The zero-order valence-electron chi connectivity index (χ0n) is 19.0. The van der Waals surface area contributed by atoms with Gasteiger partial charge in [0.2, 0.25) is 11.8 Å². The number of thioether (sulfide) groups is 1. The number of rotatable bonds is 8. The number of nitrogens with zero attached hydrogens (tertiary/aromatic N) is 1. The van der Waals surface area contributed by atoms with Gasteiger partial charge in [0.05, 0.1) is 5.75 Å². The van der Waals surface area contributed by atoms with Crippen molar-refractivity contribution in [2.75, 3.05) is 5.75 Å². The van der Waals surface area contributed by atoms with Crippen LogP contribution < -0.4 is 5.32 Å². The molecular weight excluding hydrogens is 392 g/mol. The summed E-state index contributed by atoms with van der Waals surface area (Å²) < 4.78 is 0. The van der Waals surface area contributed by atoms with Crippen molar-refractivity contribution in [3.05, 3.63) is 70.8 Å². The molecule has 0 saturated heterocycles. The highest BCUT2D eigenvalue weighted by Crippen LogP contribution is 2.18. The first-order valence-electron chi connectivity index (χ1n) is 10.4. The van der Waals surface area contributed by atoms with Crippen LogP contribution in [0.1, 0.15) is 49.9 Å². The Bertz CT molecular complexity index is 873. The van der Waals surface area contributed by atoms with Gasteiger partial charge in [0.1, 0.15) is 6.04 Å². The number of amides is 2. The molecule has 1 atom stereocenters. The summed E-state index contributed by atoms with van der Waals surface area (Å²) in [7, 11) is 0. The van der Waals surface area contributed by atoms with Gasteiger partial charge in [0, 0.05) is 17.8 Å². The lowest BCUT2D eigenvalue weighted by Gasteiger charge is -2.31. The molecule has 5 heteroatoms. The van der Waals surface area contributed by atoms with Gasteiger partial charge in [0.25, 0.3) is 0 Å². The zero-order chi connectivity index (χ0) is 22.3. The van der Waals surface area contributed by atoms with Crippen LogP contribution >= 0.6 is 11.8 Å². The van der Waals surface area contributed by atoms with Gasteiger partial charge in [-0.15, -0.1) is 11.8 Å². The summed E-state index contributed by atoms with van der Waals surface area (Å²) in [5, 5.41) is 3.00. The van der Waals surface area contributed by atoms with E-state index in [1.54, 1.807) is 16.7 Å². The first-order chi connectivity index (χ1) is 14.1. The predicted molar refractivity (Wildman–Crippen MR) is 126 cm³/mol. The Balaban J connectivity index is 2.11. The van der Waals surface area contributed by atoms with Crippen LogP contribution in [0.25, 0.3) is 0 Å². The normalized spacial score (nSPS) is 12.3. The minimum atomic E-state index is -0.545. The van der Waals surface area contributed by atoms with E-state index in [0.29, 0.717) is 12.3 Å². The number of hydrogen-bond acceptors (Lipinski definition) is 3. The highest BCUT2D eigenvalue weighted by molar-refractivity contribution is 7.99. The summed E-state index contributed by atoms with van der Waals surface area (Å²) in [6.07, 6.45) is 0. The second-order valence-electron chi connectivity index (χ2n) is 8.85. The van der Waals surface area contributed by atoms with Crippen molar-refractivity contribution in [3.63, 3.8) is 0 Å². The average Bonchev–Trinajstić information content (AvgIpc) is 2.65. The molecule has 2 amide bonds. The van der Waals surface area contributed by atoms with E-state index < -0.39 is 6.04 Å². The Labute approximate surface area is 185 Å². The van der Waals surface area contributed by atoms with Crippen LogP contribution in [0.5, 0.6) is 0 Å². The molecular formula is C25H34N2O2S. The number of benzene rings is 2. The fraction of sp³-hybridized carbons (Fsp3) is 0.440. The highest BCUT2D eigenvalue weighted by Gasteiger charge is 2.28. The van der Waals surface area contributed by atoms with E-state index in [2.05, 4.69) is 30.4 Å². The molecule has 0 bridgehead atoms. The Morgan fingerprint density at radius 3 is 2.40 bits per heavy atom. The standard InChI is InChI=1S/C25H34N2O2S/c1-18-10-9-12-21(14-18)16-30-17-23(28)27(15-22-13-8-7-11-19(22)2)20(3)24(29)26-25(4,5)6/h7-14,20H,15-17H2,1-6H3,(H,26,29)/t20-/m1/s1. The topological polar surface area (TPSA) is 49.4 Å². The molecule has 0 saturated carbocycles. The molecule has 0 spiro atoms. The minimum Gasteiger partial charge on any atom is -0.350 e. The van der Waals surface area contributed by atoms with E-state index in [4.69, 9.17) is 0 Å². The van der Waals surface area contributed by atoms with Crippen molar-refractivity contribution in [1.29, 1.82) is 0 Å². The molecule has 4 nitrogen and oxygen atoms in total. The molecule has 2 aromatic carbocycles. The molecule has 2 aromatic rings. The van der Waals surface area contributed by atoms with E-state index in [1.165, 1.54) is 11.1 Å². The van der Waals surface area contributed by atoms with Gasteiger partial charge in [-0.1, -0.05) is 54.1 Å². The average molecular weight is 427 g/mol. The van der Waals surface area contributed by atoms with Crippen LogP contribution in [0.4, 0.5) is 0 Å². The van der Waals surface area contributed by atoms with Crippen LogP contribution in [0, 0.1) is 13.8 Å². The maximum atomic E-state index is 13.2. The van der Waals surface area contributed by atoms with Crippen LogP contribution in [0.2, 0.25) is 0 Å². The van der Waals surface area contributed by atoms with Crippen molar-refractivity contribution in [1.82, 2.24) is 10.2 Å². The molecule has 0 heterocycles. The smallest absolute Gasteiger partial charge is 0.242 e. The van der Waals surface area contributed by atoms with E-state index in [-0.39, 0.29) is 17.4 Å². The molecule has 0 fully saturated rings. The quantitative estimate of drug-likeness (QED) is 0.655. The lowest BCUT2D eigenvalue weighted by atomic mass is 10.1. The summed E-state index contributed by atoms with van der Waals surface area (Å²) in [6.45, 7) is 12.2. The van der Waals surface area contributed by atoms with Crippen molar-refractivity contribution >= 4 is 23.6 Å². The number of aryl methyl sites for hydroxylation is 2. The van der Waals surface area contributed by atoms with Gasteiger partial charge in [0.15, 0.2) is 0 Å². The molecule has 0 aliphatic rings. The highest BCUT2D eigenvalue weighted by atomic mass is 32.2. The molecule has 0 unspecified atom stereocenters. The van der Waals surface area contributed by atoms with E-state index in [9.17, 15) is 9.59 Å². The fourth-order valence-corrected chi connectivity index (χ4v) is 4.03. The molecule has 1 N–H and O–H groups in total. The minimum absolute atomic E-state index is 0.0209. The first-order valence-corrected chi connectivity index (χ1v) is 11.5. The molecule has 0 radical (unpaired) electrons. The Morgan fingerprint density at radius 1 is 1.07 bits per heavy atom. The summed E-state index contributed by atoms with van der Waals surface area (Å²) in [5.41, 5.74) is 4.25. The Morgan fingerprint density at radius 2 is 1.77 bits per heavy atom. The summed E-state index contributed by atoms with van der Waals surface area (Å²) in [5.74, 6) is 0.960. The lowest BCUT2D eigenvalue weighted by molar-refractivity contribution is -0.139. The third-order valence-corrected chi connectivity index (χ3v) is 5.83. The van der Waals surface area contributed by atoms with Gasteiger partial charge < -0.3 is 10.2 Å². The Hall–Kier alpha value is -2.27. The molecule has 0 aliphatic carbocycles. The van der Waals surface area contributed by atoms with Crippen molar-refractivity contribution in [2.24, 2.45) is 0 Å².